The molecule has 0 radical (unpaired) electrons. The quantitative estimate of drug-likeness (QED) is 0.503. The van der Waals surface area contributed by atoms with Crippen molar-refractivity contribution in [3.8, 4) is 0 Å². The largest absolute Gasteiger partial charge is 0.463 e. The van der Waals surface area contributed by atoms with E-state index in [0.717, 1.165) is 12.8 Å². The molecule has 0 aromatic heterocycles. The van der Waals surface area contributed by atoms with Crippen LogP contribution < -0.4 is 11.1 Å². The van der Waals surface area contributed by atoms with Gasteiger partial charge in [-0.2, -0.15) is 0 Å². The lowest BCUT2D eigenvalue weighted by Crippen LogP contribution is -2.55. The van der Waals surface area contributed by atoms with Gasteiger partial charge in [0.15, 0.2) is 0 Å². The molecule has 0 saturated heterocycles. The first-order valence-electron chi connectivity index (χ1n) is 8.20. The van der Waals surface area contributed by atoms with E-state index in [1.807, 2.05) is 6.08 Å². The minimum atomic E-state index is -0.280. The monoisotopic (exact) mass is 310 g/mol. The van der Waals surface area contributed by atoms with Gasteiger partial charge in [0.05, 0.1) is 24.9 Å². The van der Waals surface area contributed by atoms with Crippen LogP contribution >= 0.6 is 0 Å². The first kappa shape index (κ1) is 18.9. The molecule has 5 nitrogen and oxygen atoms in total. The Balaban J connectivity index is 2.90. The third-order valence-corrected chi connectivity index (χ3v) is 3.97. The Labute approximate surface area is 133 Å². The maximum atomic E-state index is 12.1. The summed E-state index contributed by atoms with van der Waals surface area (Å²) in [6.07, 6.45) is 5.89. The van der Waals surface area contributed by atoms with Gasteiger partial charge in [-0.05, 0) is 32.3 Å². The molecule has 0 bridgehead atoms. The topological polar surface area (TPSA) is 73.6 Å². The van der Waals surface area contributed by atoms with Crippen molar-refractivity contribution in [3.05, 3.63) is 24.3 Å². The minimum Gasteiger partial charge on any atom is -0.463 e. The van der Waals surface area contributed by atoms with Crippen molar-refractivity contribution in [2.24, 2.45) is 5.73 Å². The molecule has 5 heteroatoms. The first-order chi connectivity index (χ1) is 10.6. The number of nitrogens with two attached hydrogens (primary N) is 1. The predicted molar refractivity (Wildman–Crippen MR) is 88.5 cm³/mol. The Morgan fingerprint density at radius 3 is 2.73 bits per heavy atom. The van der Waals surface area contributed by atoms with Crippen LogP contribution in [0.3, 0.4) is 0 Å². The molecule has 0 unspecified atom stereocenters. The van der Waals surface area contributed by atoms with Crippen LogP contribution in [0.4, 0.5) is 0 Å². The van der Waals surface area contributed by atoms with E-state index < -0.39 is 0 Å². The Morgan fingerprint density at radius 1 is 1.50 bits per heavy atom. The number of rotatable bonds is 9. The SMILES string of the molecule is C=CCN[C@H]1CC(C(=O)OCC)=C[C@@H](OC(CC)CC)[C@@H]1N. The summed E-state index contributed by atoms with van der Waals surface area (Å²) < 4.78 is 11.2. The number of ether oxygens (including phenoxy) is 2. The van der Waals surface area contributed by atoms with Gasteiger partial charge in [0, 0.05) is 18.2 Å². The molecular formula is C17H30N2O3. The van der Waals surface area contributed by atoms with Gasteiger partial charge in [-0.25, -0.2) is 4.79 Å². The normalized spacial score (nSPS) is 25.0. The van der Waals surface area contributed by atoms with Crippen LogP contribution in [0.2, 0.25) is 0 Å². The van der Waals surface area contributed by atoms with Crippen molar-refractivity contribution in [2.75, 3.05) is 13.2 Å². The molecule has 0 aromatic carbocycles. The molecule has 22 heavy (non-hydrogen) atoms. The van der Waals surface area contributed by atoms with E-state index >= 15 is 0 Å². The van der Waals surface area contributed by atoms with Crippen LogP contribution in [0.5, 0.6) is 0 Å². The summed E-state index contributed by atoms with van der Waals surface area (Å²) in [6.45, 7) is 10.7. The Hall–Kier alpha value is -1.17. The van der Waals surface area contributed by atoms with Gasteiger partial charge >= 0.3 is 5.97 Å². The summed E-state index contributed by atoms with van der Waals surface area (Å²) in [6, 6.07) is -0.222. The Bertz CT molecular complexity index is 391. The van der Waals surface area contributed by atoms with E-state index in [1.165, 1.54) is 0 Å². The third kappa shape index (κ3) is 5.23. The fourth-order valence-corrected chi connectivity index (χ4v) is 2.63. The molecule has 0 spiro atoms. The molecule has 0 heterocycles. The van der Waals surface area contributed by atoms with E-state index in [2.05, 4.69) is 25.7 Å². The number of carbonyl (C=O) groups is 1. The van der Waals surface area contributed by atoms with Crippen LogP contribution in [0.1, 0.15) is 40.0 Å². The molecule has 126 valence electrons. The second kappa shape index (κ2) is 9.77. The summed E-state index contributed by atoms with van der Waals surface area (Å²) in [5.74, 6) is -0.280. The molecule has 0 amide bonds. The number of nitrogens with one attached hydrogen (secondary N) is 1. The molecule has 0 aliphatic heterocycles. The zero-order valence-corrected chi connectivity index (χ0v) is 14.0. The van der Waals surface area contributed by atoms with Crippen LogP contribution in [0.15, 0.2) is 24.3 Å². The van der Waals surface area contributed by atoms with Crippen LogP contribution in [0.25, 0.3) is 0 Å². The number of carbonyl (C=O) groups excluding carboxylic acids is 1. The van der Waals surface area contributed by atoms with E-state index in [0.29, 0.717) is 25.1 Å². The lowest BCUT2D eigenvalue weighted by molar-refractivity contribution is -0.139. The van der Waals surface area contributed by atoms with Gasteiger partial charge in [0.1, 0.15) is 0 Å². The van der Waals surface area contributed by atoms with Gasteiger partial charge in [0.25, 0.3) is 0 Å². The van der Waals surface area contributed by atoms with Crippen LogP contribution in [-0.4, -0.2) is 43.4 Å². The summed E-state index contributed by atoms with van der Waals surface area (Å²) in [4.78, 5) is 12.1. The molecule has 3 atom stereocenters. The second-order valence-corrected chi connectivity index (χ2v) is 5.54. The minimum absolute atomic E-state index is 0.0261. The molecule has 1 aliphatic rings. The highest BCUT2D eigenvalue weighted by Crippen LogP contribution is 2.23. The molecule has 0 saturated carbocycles. The van der Waals surface area contributed by atoms with Crippen molar-refractivity contribution in [2.45, 2.75) is 64.3 Å². The van der Waals surface area contributed by atoms with Gasteiger partial charge in [-0.1, -0.05) is 19.9 Å². The zero-order valence-electron chi connectivity index (χ0n) is 14.0. The molecule has 3 N–H and O–H groups in total. The summed E-state index contributed by atoms with van der Waals surface area (Å²) in [5.41, 5.74) is 6.98. The smallest absolute Gasteiger partial charge is 0.333 e. The van der Waals surface area contributed by atoms with Gasteiger partial charge < -0.3 is 20.5 Å². The first-order valence-corrected chi connectivity index (χ1v) is 8.20. The van der Waals surface area contributed by atoms with Crippen molar-refractivity contribution in [1.82, 2.24) is 5.32 Å². The van der Waals surface area contributed by atoms with E-state index in [9.17, 15) is 4.79 Å². The van der Waals surface area contributed by atoms with Crippen molar-refractivity contribution in [3.63, 3.8) is 0 Å². The maximum absolute atomic E-state index is 12.1. The fourth-order valence-electron chi connectivity index (χ4n) is 2.63. The number of hydrogen-bond acceptors (Lipinski definition) is 5. The lowest BCUT2D eigenvalue weighted by Gasteiger charge is -2.36. The maximum Gasteiger partial charge on any atom is 0.333 e. The fraction of sp³-hybridized carbons (Fsp3) is 0.706. The Morgan fingerprint density at radius 2 is 2.18 bits per heavy atom. The van der Waals surface area contributed by atoms with Crippen LogP contribution in [-0.2, 0) is 14.3 Å². The lowest BCUT2D eigenvalue weighted by atomic mass is 9.88. The highest BCUT2D eigenvalue weighted by atomic mass is 16.5. The van der Waals surface area contributed by atoms with Crippen LogP contribution in [0, 0.1) is 0 Å². The average Bonchev–Trinajstić information content (AvgIpc) is 2.52. The standard InChI is InChI=1S/C17H30N2O3/c1-5-9-19-14-10-12(17(20)21-8-4)11-15(16(14)18)22-13(6-2)7-3/h5,11,13-16,19H,1,6-10,18H2,2-4H3/t14-,15+,16+/m0/s1. The molecule has 1 rings (SSSR count). The summed E-state index contributed by atoms with van der Waals surface area (Å²) in [5, 5.41) is 3.32. The average molecular weight is 310 g/mol. The van der Waals surface area contributed by atoms with E-state index in [-0.39, 0.29) is 30.3 Å². The molecule has 1 aliphatic carbocycles. The Kier molecular flexibility index (Phi) is 8.38. The van der Waals surface area contributed by atoms with Crippen molar-refractivity contribution in [1.29, 1.82) is 0 Å². The van der Waals surface area contributed by atoms with Crippen molar-refractivity contribution >= 4 is 5.97 Å². The van der Waals surface area contributed by atoms with E-state index in [4.69, 9.17) is 15.2 Å². The van der Waals surface area contributed by atoms with Gasteiger partial charge in [-0.15, -0.1) is 6.58 Å². The summed E-state index contributed by atoms with van der Waals surface area (Å²) >= 11 is 0. The molecule has 0 aromatic rings. The number of hydrogen-bond donors (Lipinski definition) is 2. The number of esters is 1. The van der Waals surface area contributed by atoms with Gasteiger partial charge in [0.2, 0.25) is 0 Å². The zero-order chi connectivity index (χ0) is 16.5. The highest BCUT2D eigenvalue weighted by molar-refractivity contribution is 5.89. The van der Waals surface area contributed by atoms with Gasteiger partial charge in [-0.3, -0.25) is 0 Å². The second-order valence-electron chi connectivity index (χ2n) is 5.54. The molecular weight excluding hydrogens is 280 g/mol. The molecule has 0 fully saturated rings. The summed E-state index contributed by atoms with van der Waals surface area (Å²) in [7, 11) is 0. The van der Waals surface area contributed by atoms with Crippen molar-refractivity contribution < 1.29 is 14.3 Å². The highest BCUT2D eigenvalue weighted by Gasteiger charge is 2.34. The third-order valence-electron chi connectivity index (χ3n) is 3.97. The predicted octanol–water partition coefficient (Wildman–Crippen LogP) is 1.92. The van der Waals surface area contributed by atoms with E-state index in [1.54, 1.807) is 13.0 Å².